The second kappa shape index (κ2) is 8.43. The van der Waals surface area contributed by atoms with Crippen molar-refractivity contribution in [2.45, 2.75) is 12.6 Å². The van der Waals surface area contributed by atoms with Gasteiger partial charge in [-0.05, 0) is 48.0 Å². The van der Waals surface area contributed by atoms with E-state index >= 15 is 0 Å². The molecule has 3 aromatic carbocycles. The Morgan fingerprint density at radius 2 is 1.76 bits per heavy atom. The van der Waals surface area contributed by atoms with E-state index in [-0.39, 0.29) is 23.4 Å². The number of aliphatic hydroxyl groups is 1. The van der Waals surface area contributed by atoms with Crippen LogP contribution in [0.1, 0.15) is 27.7 Å². The summed E-state index contributed by atoms with van der Waals surface area (Å²) in [5.41, 5.74) is 0.658. The Balaban J connectivity index is 1.61. The molecule has 2 heterocycles. The van der Waals surface area contributed by atoms with Crippen LogP contribution in [0.2, 0.25) is 5.02 Å². The standard InChI is InChI=1S/C26H16ClF2NO4/c27-16-7-10-20-15(11-16)12-21(34-20)24(31)22-23(18-3-1-2-4-19(18)29)30(26(33)25(22)32)13-14-5-8-17(28)9-6-14/h1-12,23,32H,13H2. The number of nitrogens with zero attached hydrogens (tertiary/aromatic N) is 1. The van der Waals surface area contributed by atoms with Gasteiger partial charge in [0.05, 0.1) is 11.6 Å². The molecule has 5 rings (SSSR count). The summed E-state index contributed by atoms with van der Waals surface area (Å²) in [6.45, 7) is -0.0886. The molecule has 0 saturated heterocycles. The molecule has 0 saturated carbocycles. The molecule has 0 spiro atoms. The van der Waals surface area contributed by atoms with Crippen LogP contribution >= 0.6 is 11.6 Å². The van der Waals surface area contributed by atoms with Crippen LogP contribution in [0, 0.1) is 11.6 Å². The van der Waals surface area contributed by atoms with E-state index in [1.807, 2.05) is 0 Å². The third-order valence-electron chi connectivity index (χ3n) is 5.72. The van der Waals surface area contributed by atoms with Crippen LogP contribution in [-0.2, 0) is 11.3 Å². The Morgan fingerprint density at radius 1 is 1.03 bits per heavy atom. The van der Waals surface area contributed by atoms with Crippen molar-refractivity contribution in [1.82, 2.24) is 4.90 Å². The minimum atomic E-state index is -1.22. The molecular formula is C26H16ClF2NO4. The highest BCUT2D eigenvalue weighted by Gasteiger charge is 2.45. The van der Waals surface area contributed by atoms with Gasteiger partial charge in [0.15, 0.2) is 11.5 Å². The fourth-order valence-corrected chi connectivity index (χ4v) is 4.29. The van der Waals surface area contributed by atoms with Gasteiger partial charge in [-0.3, -0.25) is 9.59 Å². The van der Waals surface area contributed by atoms with E-state index in [4.69, 9.17) is 16.0 Å². The average Bonchev–Trinajstić information content (AvgIpc) is 3.34. The molecule has 0 bridgehead atoms. The normalized spacial score (nSPS) is 16.0. The van der Waals surface area contributed by atoms with E-state index < -0.39 is 35.1 Å². The van der Waals surface area contributed by atoms with E-state index in [9.17, 15) is 23.5 Å². The van der Waals surface area contributed by atoms with Gasteiger partial charge in [-0.2, -0.15) is 0 Å². The van der Waals surface area contributed by atoms with Crippen LogP contribution in [0.5, 0.6) is 0 Å². The fourth-order valence-electron chi connectivity index (χ4n) is 4.11. The Hall–Kier alpha value is -3.97. The molecule has 5 nitrogen and oxygen atoms in total. The number of hydrogen-bond donors (Lipinski definition) is 1. The quantitative estimate of drug-likeness (QED) is 0.349. The topological polar surface area (TPSA) is 70.8 Å². The molecule has 0 fully saturated rings. The maximum Gasteiger partial charge on any atom is 0.290 e. The first-order chi connectivity index (χ1) is 16.3. The van der Waals surface area contributed by atoms with Crippen LogP contribution in [0.4, 0.5) is 8.78 Å². The van der Waals surface area contributed by atoms with Crippen LogP contribution in [0.15, 0.2) is 88.5 Å². The molecule has 1 atom stereocenters. The zero-order chi connectivity index (χ0) is 24.0. The zero-order valence-electron chi connectivity index (χ0n) is 17.5. The predicted molar refractivity (Wildman–Crippen MR) is 121 cm³/mol. The molecular weight excluding hydrogens is 464 g/mol. The number of halogens is 3. The van der Waals surface area contributed by atoms with Crippen molar-refractivity contribution in [3.05, 3.63) is 118 Å². The van der Waals surface area contributed by atoms with Crippen molar-refractivity contribution in [3.63, 3.8) is 0 Å². The minimum absolute atomic E-state index is 0.0320. The van der Waals surface area contributed by atoms with Crippen molar-refractivity contribution in [2.75, 3.05) is 0 Å². The average molecular weight is 480 g/mol. The van der Waals surface area contributed by atoms with E-state index in [1.54, 1.807) is 24.3 Å². The lowest BCUT2D eigenvalue weighted by Gasteiger charge is -2.27. The molecule has 1 unspecified atom stereocenters. The molecule has 34 heavy (non-hydrogen) atoms. The number of benzene rings is 3. The summed E-state index contributed by atoms with van der Waals surface area (Å²) in [4.78, 5) is 27.7. The minimum Gasteiger partial charge on any atom is -0.503 e. The molecule has 1 aliphatic rings. The molecule has 1 aliphatic heterocycles. The van der Waals surface area contributed by atoms with E-state index in [2.05, 4.69) is 0 Å². The first-order valence-electron chi connectivity index (χ1n) is 10.3. The van der Waals surface area contributed by atoms with Crippen LogP contribution in [-0.4, -0.2) is 21.7 Å². The number of carbonyl (C=O) groups is 2. The Labute approximate surface area is 197 Å². The Bertz CT molecular complexity index is 1480. The van der Waals surface area contributed by atoms with E-state index in [0.717, 1.165) is 0 Å². The third kappa shape index (κ3) is 3.74. The summed E-state index contributed by atoms with van der Waals surface area (Å²) in [5.74, 6) is -3.63. The van der Waals surface area contributed by atoms with Crippen molar-refractivity contribution >= 4 is 34.3 Å². The first-order valence-corrected chi connectivity index (χ1v) is 10.7. The van der Waals surface area contributed by atoms with Crippen LogP contribution in [0.3, 0.4) is 0 Å². The molecule has 0 aliphatic carbocycles. The molecule has 1 N–H and O–H groups in total. The Kier molecular flexibility index (Phi) is 5.42. The maximum absolute atomic E-state index is 14.9. The van der Waals surface area contributed by atoms with E-state index in [1.165, 1.54) is 53.4 Å². The SMILES string of the molecule is O=C(C1=C(O)C(=O)N(Cc2ccc(F)cc2)C1c1ccccc1F)c1cc2cc(Cl)ccc2o1. The highest BCUT2D eigenvalue weighted by molar-refractivity contribution is 6.31. The van der Waals surface area contributed by atoms with Gasteiger partial charge in [0.25, 0.3) is 5.91 Å². The van der Waals surface area contributed by atoms with Gasteiger partial charge in [0, 0.05) is 22.5 Å². The van der Waals surface area contributed by atoms with Gasteiger partial charge in [-0.25, -0.2) is 8.78 Å². The summed E-state index contributed by atoms with van der Waals surface area (Å²) < 4.78 is 33.9. The predicted octanol–water partition coefficient (Wildman–Crippen LogP) is 6.14. The van der Waals surface area contributed by atoms with Gasteiger partial charge in [-0.15, -0.1) is 0 Å². The lowest BCUT2D eigenvalue weighted by Crippen LogP contribution is -2.31. The highest BCUT2D eigenvalue weighted by Crippen LogP contribution is 2.41. The molecule has 1 amide bonds. The van der Waals surface area contributed by atoms with Gasteiger partial charge >= 0.3 is 0 Å². The van der Waals surface area contributed by atoms with Crippen molar-refractivity contribution in [1.29, 1.82) is 0 Å². The maximum atomic E-state index is 14.9. The van der Waals surface area contributed by atoms with Crippen molar-refractivity contribution in [2.24, 2.45) is 0 Å². The zero-order valence-corrected chi connectivity index (χ0v) is 18.2. The third-order valence-corrected chi connectivity index (χ3v) is 5.95. The van der Waals surface area contributed by atoms with Crippen LogP contribution in [0.25, 0.3) is 11.0 Å². The van der Waals surface area contributed by atoms with Crippen LogP contribution < -0.4 is 0 Å². The van der Waals surface area contributed by atoms with Gasteiger partial charge in [0.2, 0.25) is 5.78 Å². The number of amides is 1. The van der Waals surface area contributed by atoms with Gasteiger partial charge in [0.1, 0.15) is 17.2 Å². The lowest BCUT2D eigenvalue weighted by atomic mass is 9.94. The second-order valence-corrected chi connectivity index (χ2v) is 8.30. The molecule has 8 heteroatoms. The first kappa shape index (κ1) is 21.9. The van der Waals surface area contributed by atoms with Gasteiger partial charge in [-0.1, -0.05) is 41.9 Å². The number of fused-ring (bicyclic) bond motifs is 1. The monoisotopic (exact) mass is 479 g/mol. The molecule has 170 valence electrons. The number of furan rings is 1. The molecule has 1 aromatic heterocycles. The summed E-state index contributed by atoms with van der Waals surface area (Å²) in [5, 5.41) is 11.8. The van der Waals surface area contributed by atoms with Crippen molar-refractivity contribution < 1.29 is 27.9 Å². The Morgan fingerprint density at radius 3 is 2.50 bits per heavy atom. The van der Waals surface area contributed by atoms with E-state index in [0.29, 0.717) is 21.6 Å². The van der Waals surface area contributed by atoms with Gasteiger partial charge < -0.3 is 14.4 Å². The number of Topliss-reactive ketones (excluding diaryl/α,β-unsaturated/α-hetero) is 1. The summed E-state index contributed by atoms with van der Waals surface area (Å²) in [6, 6.07) is 16.1. The number of carbonyl (C=O) groups excluding carboxylic acids is 2. The lowest BCUT2D eigenvalue weighted by molar-refractivity contribution is -0.130. The van der Waals surface area contributed by atoms with Crippen molar-refractivity contribution in [3.8, 4) is 0 Å². The number of rotatable bonds is 5. The second-order valence-electron chi connectivity index (χ2n) is 7.87. The number of ketones is 1. The smallest absolute Gasteiger partial charge is 0.290 e. The molecule has 0 radical (unpaired) electrons. The summed E-state index contributed by atoms with van der Waals surface area (Å²) >= 11 is 6.01. The largest absolute Gasteiger partial charge is 0.503 e. The fraction of sp³-hybridized carbons (Fsp3) is 0.0769. The molecule has 4 aromatic rings. The summed E-state index contributed by atoms with van der Waals surface area (Å²) in [6.07, 6.45) is 0. The number of aliphatic hydroxyl groups excluding tert-OH is 1. The summed E-state index contributed by atoms with van der Waals surface area (Å²) in [7, 11) is 0. The highest BCUT2D eigenvalue weighted by atomic mass is 35.5. The number of hydrogen-bond acceptors (Lipinski definition) is 4.